The first-order chi connectivity index (χ1) is 12.1. The van der Waals surface area contributed by atoms with Crippen LogP contribution in [0.25, 0.3) is 5.69 Å². The average Bonchev–Trinajstić information content (AvgIpc) is 3.29. The largest absolute Gasteiger partial charge is 0.421 e. The third kappa shape index (κ3) is 2.42. The molecular formula is C15H14FN7O2. The Morgan fingerprint density at radius 2 is 2.16 bits per heavy atom. The molecule has 128 valence electrons. The summed E-state index contributed by atoms with van der Waals surface area (Å²) in [6, 6.07) is 4.16. The van der Waals surface area contributed by atoms with Crippen LogP contribution in [-0.4, -0.2) is 41.9 Å². The minimum absolute atomic E-state index is 0.357. The maximum absolute atomic E-state index is 14.6. The molecule has 0 spiro atoms. The predicted molar refractivity (Wildman–Crippen MR) is 83.5 cm³/mol. The SMILES string of the molecule is Cc1nccn1-c1ccc(N2C(=O)O[C@@H](n3cnnn3)C2C)cc1F. The Balaban J connectivity index is 1.67. The average molecular weight is 343 g/mol. The molecule has 9 nitrogen and oxygen atoms in total. The van der Waals surface area contributed by atoms with Crippen molar-refractivity contribution in [1.29, 1.82) is 0 Å². The standard InChI is InChI=1S/C15H14FN7O2/c1-9-14(22-8-18-19-20-22)25-15(24)23(9)11-3-4-13(12(16)7-11)21-6-5-17-10(21)2/h3-9,14H,1-2H3/t9?,14-/m1/s1. The summed E-state index contributed by atoms with van der Waals surface area (Å²) >= 11 is 0. The van der Waals surface area contributed by atoms with Gasteiger partial charge < -0.3 is 9.30 Å². The maximum Gasteiger partial charge on any atom is 0.416 e. The summed E-state index contributed by atoms with van der Waals surface area (Å²) in [5.74, 6) is 0.198. The summed E-state index contributed by atoms with van der Waals surface area (Å²) in [7, 11) is 0. The van der Waals surface area contributed by atoms with E-state index in [4.69, 9.17) is 4.74 Å². The lowest BCUT2D eigenvalue weighted by Crippen LogP contribution is -2.33. The van der Waals surface area contributed by atoms with Crippen LogP contribution in [0.4, 0.5) is 14.9 Å². The quantitative estimate of drug-likeness (QED) is 0.721. The summed E-state index contributed by atoms with van der Waals surface area (Å²) in [5.41, 5.74) is 0.753. The fraction of sp³-hybridized carbons (Fsp3) is 0.267. The second-order valence-electron chi connectivity index (χ2n) is 5.65. The number of aryl methyl sites for hydroxylation is 1. The maximum atomic E-state index is 14.6. The zero-order chi connectivity index (χ0) is 17.6. The number of benzene rings is 1. The van der Waals surface area contributed by atoms with Gasteiger partial charge in [-0.25, -0.2) is 14.2 Å². The highest BCUT2D eigenvalue weighted by Crippen LogP contribution is 2.33. The van der Waals surface area contributed by atoms with E-state index in [1.807, 2.05) is 0 Å². The van der Waals surface area contributed by atoms with E-state index in [2.05, 4.69) is 20.5 Å². The number of imidazole rings is 1. The van der Waals surface area contributed by atoms with Crippen LogP contribution >= 0.6 is 0 Å². The molecule has 1 fully saturated rings. The monoisotopic (exact) mass is 343 g/mol. The van der Waals surface area contributed by atoms with Gasteiger partial charge in [0.1, 0.15) is 18.0 Å². The van der Waals surface area contributed by atoms with Gasteiger partial charge in [0.2, 0.25) is 6.23 Å². The number of ether oxygens (including phenoxy) is 1. The lowest BCUT2D eigenvalue weighted by Gasteiger charge is -2.21. The van der Waals surface area contributed by atoms with Crippen molar-refractivity contribution in [1.82, 2.24) is 29.8 Å². The van der Waals surface area contributed by atoms with Crippen LogP contribution in [0.3, 0.4) is 0 Å². The minimum atomic E-state index is -0.680. The molecule has 0 radical (unpaired) electrons. The first-order valence-corrected chi connectivity index (χ1v) is 7.58. The minimum Gasteiger partial charge on any atom is -0.421 e. The Kier molecular flexibility index (Phi) is 3.45. The molecule has 3 heterocycles. The summed E-state index contributed by atoms with van der Waals surface area (Å²) in [5, 5.41) is 10.8. The summed E-state index contributed by atoms with van der Waals surface area (Å²) in [4.78, 5) is 17.7. The fourth-order valence-electron chi connectivity index (χ4n) is 2.93. The van der Waals surface area contributed by atoms with Crippen LogP contribution in [0, 0.1) is 12.7 Å². The molecule has 1 saturated heterocycles. The number of tetrazole rings is 1. The molecule has 3 aromatic rings. The van der Waals surface area contributed by atoms with Gasteiger partial charge in [-0.3, -0.25) is 4.90 Å². The van der Waals surface area contributed by atoms with E-state index in [9.17, 15) is 9.18 Å². The van der Waals surface area contributed by atoms with Crippen LogP contribution in [0.1, 0.15) is 19.0 Å². The molecule has 0 aliphatic carbocycles. The Bertz CT molecular complexity index is 924. The molecule has 10 heteroatoms. The normalized spacial score (nSPS) is 20.1. The van der Waals surface area contributed by atoms with Crippen molar-refractivity contribution < 1.29 is 13.9 Å². The smallest absolute Gasteiger partial charge is 0.416 e. The first-order valence-electron chi connectivity index (χ1n) is 7.58. The molecule has 0 bridgehead atoms. The topological polar surface area (TPSA) is 91.0 Å². The van der Waals surface area contributed by atoms with E-state index >= 15 is 0 Å². The molecule has 1 amide bonds. The van der Waals surface area contributed by atoms with E-state index < -0.39 is 24.2 Å². The van der Waals surface area contributed by atoms with Gasteiger partial charge in [0, 0.05) is 12.4 Å². The Morgan fingerprint density at radius 3 is 2.80 bits per heavy atom. The number of carbonyl (C=O) groups is 1. The molecule has 25 heavy (non-hydrogen) atoms. The number of hydrogen-bond donors (Lipinski definition) is 0. The van der Waals surface area contributed by atoms with E-state index in [1.54, 1.807) is 42.9 Å². The Morgan fingerprint density at radius 1 is 1.32 bits per heavy atom. The molecule has 4 rings (SSSR count). The molecule has 0 N–H and O–H groups in total. The molecule has 1 unspecified atom stereocenters. The van der Waals surface area contributed by atoms with Crippen molar-refractivity contribution in [3.63, 3.8) is 0 Å². The number of hydrogen-bond acceptors (Lipinski definition) is 6. The van der Waals surface area contributed by atoms with Crippen molar-refractivity contribution in [2.75, 3.05) is 4.90 Å². The van der Waals surface area contributed by atoms with E-state index in [1.165, 1.54) is 22.0 Å². The van der Waals surface area contributed by atoms with Gasteiger partial charge in [0.15, 0.2) is 0 Å². The number of aromatic nitrogens is 6. The summed E-state index contributed by atoms with van der Waals surface area (Å²) in [6.45, 7) is 3.56. The van der Waals surface area contributed by atoms with Gasteiger partial charge in [-0.05, 0) is 42.5 Å². The highest BCUT2D eigenvalue weighted by atomic mass is 19.1. The zero-order valence-electron chi connectivity index (χ0n) is 13.4. The molecule has 0 saturated carbocycles. The molecule has 2 aromatic heterocycles. The second-order valence-corrected chi connectivity index (χ2v) is 5.65. The fourth-order valence-corrected chi connectivity index (χ4v) is 2.93. The van der Waals surface area contributed by atoms with Crippen molar-refractivity contribution in [2.24, 2.45) is 0 Å². The number of rotatable bonds is 3. The third-order valence-electron chi connectivity index (χ3n) is 4.16. The van der Waals surface area contributed by atoms with Gasteiger partial charge in [0.05, 0.1) is 17.4 Å². The van der Waals surface area contributed by atoms with Crippen molar-refractivity contribution in [2.45, 2.75) is 26.1 Å². The Labute approximate surface area is 141 Å². The van der Waals surface area contributed by atoms with Crippen LogP contribution < -0.4 is 4.90 Å². The number of cyclic esters (lactones) is 1. The lowest BCUT2D eigenvalue weighted by atomic mass is 10.2. The first kappa shape index (κ1) is 15.2. The van der Waals surface area contributed by atoms with Gasteiger partial charge in [-0.1, -0.05) is 0 Å². The molecule has 1 aliphatic rings. The Hall–Kier alpha value is -3.30. The van der Waals surface area contributed by atoms with Crippen LogP contribution in [0.5, 0.6) is 0 Å². The number of amides is 1. The molecule has 2 atom stereocenters. The predicted octanol–water partition coefficient (Wildman–Crippen LogP) is 1.85. The van der Waals surface area contributed by atoms with Crippen LogP contribution in [-0.2, 0) is 4.74 Å². The zero-order valence-corrected chi connectivity index (χ0v) is 13.4. The molecule has 1 aliphatic heterocycles. The van der Waals surface area contributed by atoms with Gasteiger partial charge in [-0.15, -0.1) is 5.10 Å². The van der Waals surface area contributed by atoms with Crippen molar-refractivity contribution >= 4 is 11.8 Å². The van der Waals surface area contributed by atoms with E-state index in [-0.39, 0.29) is 0 Å². The van der Waals surface area contributed by atoms with Crippen LogP contribution in [0.15, 0.2) is 36.9 Å². The highest BCUT2D eigenvalue weighted by Gasteiger charge is 2.41. The van der Waals surface area contributed by atoms with Gasteiger partial charge in [-0.2, -0.15) is 4.68 Å². The number of anilines is 1. The molecule has 1 aromatic carbocycles. The van der Waals surface area contributed by atoms with Gasteiger partial charge >= 0.3 is 6.09 Å². The highest BCUT2D eigenvalue weighted by molar-refractivity contribution is 5.90. The van der Waals surface area contributed by atoms with Crippen molar-refractivity contribution in [3.05, 3.63) is 48.6 Å². The van der Waals surface area contributed by atoms with Crippen LogP contribution in [0.2, 0.25) is 0 Å². The summed E-state index contributed by atoms with van der Waals surface area (Å²) < 4.78 is 22.9. The lowest BCUT2D eigenvalue weighted by molar-refractivity contribution is 0.0781. The van der Waals surface area contributed by atoms with E-state index in [0.717, 1.165) is 0 Å². The number of carbonyl (C=O) groups excluding carboxylic acids is 1. The number of nitrogens with zero attached hydrogens (tertiary/aromatic N) is 7. The summed E-state index contributed by atoms with van der Waals surface area (Å²) in [6.07, 6.45) is 3.37. The van der Waals surface area contributed by atoms with E-state index in [0.29, 0.717) is 17.2 Å². The number of halogens is 1. The second kappa shape index (κ2) is 5.65. The third-order valence-corrected chi connectivity index (χ3v) is 4.16. The van der Waals surface area contributed by atoms with Gasteiger partial charge in [0.25, 0.3) is 0 Å². The molecular weight excluding hydrogens is 329 g/mol. The van der Waals surface area contributed by atoms with Crippen molar-refractivity contribution in [3.8, 4) is 5.69 Å².